The van der Waals surface area contributed by atoms with Crippen molar-refractivity contribution in [2.24, 2.45) is 11.1 Å². The average Bonchev–Trinajstić information content (AvgIpc) is 2.76. The number of primary sulfonamides is 1. The predicted molar refractivity (Wildman–Crippen MR) is 74.0 cm³/mol. The molecular formula is C12H15N3O5S. The Morgan fingerprint density at radius 3 is 2.90 bits per heavy atom. The van der Waals surface area contributed by atoms with Gasteiger partial charge in [0.2, 0.25) is 15.9 Å². The third-order valence-corrected chi connectivity index (χ3v) is 4.06. The molecule has 0 aromatic carbocycles. The number of pyridine rings is 1. The highest BCUT2D eigenvalue weighted by Gasteiger charge is 2.35. The van der Waals surface area contributed by atoms with Crippen molar-refractivity contribution in [2.75, 3.05) is 24.3 Å². The number of anilines is 1. The number of hydrogen-bond donors (Lipinski definition) is 1. The molecule has 1 amide bonds. The molecule has 1 unspecified atom stereocenters. The molecule has 0 radical (unpaired) electrons. The molecule has 0 aliphatic carbocycles. The fourth-order valence-electron chi connectivity index (χ4n) is 2.31. The van der Waals surface area contributed by atoms with Gasteiger partial charge in [-0.1, -0.05) is 0 Å². The third-order valence-electron chi connectivity index (χ3n) is 3.12. The van der Waals surface area contributed by atoms with Crippen LogP contribution in [0.25, 0.3) is 0 Å². The first-order valence-corrected chi connectivity index (χ1v) is 7.87. The Morgan fingerprint density at radius 1 is 1.57 bits per heavy atom. The van der Waals surface area contributed by atoms with Gasteiger partial charge in [0.1, 0.15) is 11.4 Å². The van der Waals surface area contributed by atoms with E-state index in [0.717, 1.165) is 0 Å². The average molecular weight is 313 g/mol. The van der Waals surface area contributed by atoms with Crippen LogP contribution in [0, 0.1) is 5.92 Å². The summed E-state index contributed by atoms with van der Waals surface area (Å²) in [4.78, 5) is 29.1. The number of carbonyl (C=O) groups is 2. The molecule has 0 bridgehead atoms. The number of amides is 1. The van der Waals surface area contributed by atoms with Gasteiger partial charge in [0.25, 0.3) is 0 Å². The highest BCUT2D eigenvalue weighted by molar-refractivity contribution is 7.89. The molecule has 9 heteroatoms. The Morgan fingerprint density at radius 2 is 2.29 bits per heavy atom. The van der Waals surface area contributed by atoms with E-state index < -0.39 is 21.9 Å². The van der Waals surface area contributed by atoms with Crippen molar-refractivity contribution in [3.8, 4) is 0 Å². The Hall–Kier alpha value is -2.00. The van der Waals surface area contributed by atoms with Crippen LogP contribution in [0.3, 0.4) is 0 Å². The summed E-state index contributed by atoms with van der Waals surface area (Å²) in [6, 6.07) is 3.05. The number of nitrogens with two attached hydrogens (primary N) is 1. The molecule has 0 saturated carbocycles. The van der Waals surface area contributed by atoms with E-state index in [2.05, 4.69) is 9.72 Å². The minimum Gasteiger partial charge on any atom is -0.465 e. The summed E-state index contributed by atoms with van der Waals surface area (Å²) in [5, 5.41) is 5.00. The molecule has 1 atom stereocenters. The van der Waals surface area contributed by atoms with Crippen molar-refractivity contribution < 1.29 is 22.7 Å². The van der Waals surface area contributed by atoms with E-state index in [0.29, 0.717) is 0 Å². The first-order chi connectivity index (χ1) is 9.81. The molecule has 1 aliphatic rings. The Balaban J connectivity index is 2.27. The van der Waals surface area contributed by atoms with Crippen LogP contribution in [0.15, 0.2) is 18.3 Å². The van der Waals surface area contributed by atoms with E-state index in [9.17, 15) is 18.0 Å². The van der Waals surface area contributed by atoms with Crippen molar-refractivity contribution in [1.29, 1.82) is 0 Å². The number of carbonyl (C=O) groups excluding carboxylic acids is 2. The molecular weight excluding hydrogens is 298 g/mol. The highest BCUT2D eigenvalue weighted by Crippen LogP contribution is 2.27. The van der Waals surface area contributed by atoms with Gasteiger partial charge >= 0.3 is 5.97 Å². The summed E-state index contributed by atoms with van der Waals surface area (Å²) in [6.07, 6.45) is 1.50. The van der Waals surface area contributed by atoms with Crippen LogP contribution in [0.4, 0.5) is 5.82 Å². The highest BCUT2D eigenvalue weighted by atomic mass is 32.2. The van der Waals surface area contributed by atoms with Crippen LogP contribution in [0.2, 0.25) is 0 Å². The van der Waals surface area contributed by atoms with Gasteiger partial charge in [-0.05, 0) is 12.1 Å². The van der Waals surface area contributed by atoms with Crippen molar-refractivity contribution >= 4 is 27.7 Å². The van der Waals surface area contributed by atoms with Gasteiger partial charge in [0.05, 0.1) is 12.9 Å². The molecule has 2 heterocycles. The molecule has 114 valence electrons. The molecule has 2 N–H and O–H groups in total. The number of aromatic nitrogens is 1. The molecule has 1 aromatic heterocycles. The number of esters is 1. The number of nitrogens with zero attached hydrogens (tertiary/aromatic N) is 2. The maximum atomic E-state index is 12.0. The fourth-order valence-corrected chi connectivity index (χ4v) is 3.19. The van der Waals surface area contributed by atoms with Crippen molar-refractivity contribution in [1.82, 2.24) is 4.98 Å². The van der Waals surface area contributed by atoms with E-state index in [1.165, 1.54) is 24.3 Å². The molecule has 1 saturated heterocycles. The number of rotatable bonds is 4. The second-order valence-corrected chi connectivity index (χ2v) is 6.43. The van der Waals surface area contributed by atoms with Gasteiger partial charge in [-0.25, -0.2) is 23.3 Å². The van der Waals surface area contributed by atoms with E-state index in [4.69, 9.17) is 5.14 Å². The summed E-state index contributed by atoms with van der Waals surface area (Å²) in [6.45, 7) is 0.149. The van der Waals surface area contributed by atoms with Crippen LogP contribution in [0.5, 0.6) is 0 Å². The van der Waals surface area contributed by atoms with E-state index >= 15 is 0 Å². The summed E-state index contributed by atoms with van der Waals surface area (Å²) in [5.41, 5.74) is 0.157. The first-order valence-electron chi connectivity index (χ1n) is 6.16. The topological polar surface area (TPSA) is 120 Å². The van der Waals surface area contributed by atoms with Gasteiger partial charge in [-0.15, -0.1) is 0 Å². The molecule has 0 spiro atoms. The Kier molecular flexibility index (Phi) is 4.24. The number of hydrogen-bond acceptors (Lipinski definition) is 6. The lowest BCUT2D eigenvalue weighted by molar-refractivity contribution is -0.117. The van der Waals surface area contributed by atoms with E-state index in [-0.39, 0.29) is 36.0 Å². The second-order valence-electron chi connectivity index (χ2n) is 4.77. The quantitative estimate of drug-likeness (QED) is 0.749. The van der Waals surface area contributed by atoms with Crippen LogP contribution < -0.4 is 10.0 Å². The smallest absolute Gasteiger partial charge is 0.341 e. The lowest BCUT2D eigenvalue weighted by Gasteiger charge is -2.17. The molecule has 21 heavy (non-hydrogen) atoms. The summed E-state index contributed by atoms with van der Waals surface area (Å²) >= 11 is 0. The predicted octanol–water partition coefficient (Wildman–Crippen LogP) is -0.490. The van der Waals surface area contributed by atoms with Crippen LogP contribution >= 0.6 is 0 Å². The lowest BCUT2D eigenvalue weighted by atomic mass is 10.1. The van der Waals surface area contributed by atoms with Gasteiger partial charge < -0.3 is 4.74 Å². The second kappa shape index (κ2) is 5.78. The molecule has 1 aliphatic heterocycles. The monoisotopic (exact) mass is 313 g/mol. The first kappa shape index (κ1) is 15.4. The zero-order valence-electron chi connectivity index (χ0n) is 11.4. The normalized spacial score (nSPS) is 18.9. The molecule has 8 nitrogen and oxygen atoms in total. The number of sulfonamides is 1. The fraction of sp³-hybridized carbons (Fsp3) is 0.417. The number of ether oxygens (including phenoxy) is 1. The van der Waals surface area contributed by atoms with Crippen molar-refractivity contribution in [2.45, 2.75) is 6.42 Å². The van der Waals surface area contributed by atoms with Crippen LogP contribution in [-0.4, -0.2) is 44.7 Å². The van der Waals surface area contributed by atoms with E-state index in [1.807, 2.05) is 0 Å². The molecule has 1 aromatic rings. The Labute approximate surface area is 121 Å². The van der Waals surface area contributed by atoms with Gasteiger partial charge in [-0.3, -0.25) is 9.69 Å². The minimum absolute atomic E-state index is 0.0492. The van der Waals surface area contributed by atoms with Crippen LogP contribution in [-0.2, 0) is 19.6 Å². The van der Waals surface area contributed by atoms with Crippen LogP contribution in [0.1, 0.15) is 16.8 Å². The Bertz CT molecular complexity index is 673. The zero-order chi connectivity index (χ0) is 15.6. The van der Waals surface area contributed by atoms with Gasteiger partial charge in [-0.2, -0.15) is 0 Å². The summed E-state index contributed by atoms with van der Waals surface area (Å²) in [5.74, 6) is -1.44. The van der Waals surface area contributed by atoms with E-state index in [1.54, 1.807) is 6.07 Å². The van der Waals surface area contributed by atoms with Crippen molar-refractivity contribution in [3.63, 3.8) is 0 Å². The minimum atomic E-state index is -3.66. The SMILES string of the molecule is COC(=O)c1cccnc1N1CC(CS(N)(=O)=O)CC1=O. The largest absolute Gasteiger partial charge is 0.465 e. The molecule has 2 rings (SSSR count). The van der Waals surface area contributed by atoms with Crippen molar-refractivity contribution in [3.05, 3.63) is 23.9 Å². The van der Waals surface area contributed by atoms with Gasteiger partial charge in [0, 0.05) is 25.1 Å². The lowest BCUT2D eigenvalue weighted by Crippen LogP contribution is -2.29. The molecule has 1 fully saturated rings. The van der Waals surface area contributed by atoms with Gasteiger partial charge in [0.15, 0.2) is 0 Å². The number of methoxy groups -OCH3 is 1. The maximum Gasteiger partial charge on any atom is 0.341 e. The summed E-state index contributed by atoms with van der Waals surface area (Å²) in [7, 11) is -2.43. The maximum absolute atomic E-state index is 12.0. The standard InChI is InChI=1S/C12H15N3O5S/c1-20-12(17)9-3-2-4-14-11(9)15-6-8(5-10(15)16)7-21(13,18)19/h2-4,8H,5-7H2,1H3,(H2,13,18,19). The third kappa shape index (κ3) is 3.56. The summed E-state index contributed by atoms with van der Waals surface area (Å²) < 4.78 is 26.9. The zero-order valence-corrected chi connectivity index (χ0v) is 12.2.